The third-order valence-corrected chi connectivity index (χ3v) is 6.04. The lowest BCUT2D eigenvalue weighted by atomic mass is 9.83. The van der Waals surface area contributed by atoms with Crippen LogP contribution in [0.15, 0.2) is 66.4 Å². The Kier molecular flexibility index (Phi) is 7.36. The zero-order valence-electron chi connectivity index (χ0n) is 19.9. The van der Waals surface area contributed by atoms with E-state index in [1.54, 1.807) is 6.08 Å². The molecular formula is C27H32N2O4. The molecular weight excluding hydrogens is 416 g/mol. The topological polar surface area (TPSA) is 75.7 Å². The van der Waals surface area contributed by atoms with Gasteiger partial charge in [-0.2, -0.15) is 0 Å². The minimum absolute atomic E-state index is 0.171. The van der Waals surface area contributed by atoms with Crippen molar-refractivity contribution in [2.24, 2.45) is 5.92 Å². The molecule has 2 aromatic carbocycles. The summed E-state index contributed by atoms with van der Waals surface area (Å²) >= 11 is 0. The van der Waals surface area contributed by atoms with Crippen LogP contribution >= 0.6 is 0 Å². The number of ether oxygens (including phenoxy) is 1. The Labute approximate surface area is 195 Å². The molecule has 1 heterocycles. The maximum atomic E-state index is 12.7. The summed E-state index contributed by atoms with van der Waals surface area (Å²) in [5, 5.41) is 2.75. The van der Waals surface area contributed by atoms with Gasteiger partial charge in [-0.05, 0) is 23.1 Å². The Morgan fingerprint density at radius 3 is 2.30 bits per heavy atom. The number of hydrogen-bond donors (Lipinski definition) is 1. The molecule has 0 bridgehead atoms. The first-order valence-electron chi connectivity index (χ1n) is 11.2. The summed E-state index contributed by atoms with van der Waals surface area (Å²) in [6, 6.07) is 16.5. The molecule has 1 aliphatic heterocycles. The zero-order chi connectivity index (χ0) is 24.2. The van der Waals surface area contributed by atoms with Crippen LogP contribution in [0.4, 0.5) is 5.69 Å². The number of carbonyl (C=O) groups excluding carboxylic acids is 3. The first-order chi connectivity index (χ1) is 15.6. The van der Waals surface area contributed by atoms with Crippen LogP contribution in [-0.2, 0) is 31.0 Å². The lowest BCUT2D eigenvalue weighted by Gasteiger charge is -2.24. The Morgan fingerprint density at radius 2 is 1.67 bits per heavy atom. The van der Waals surface area contributed by atoms with Gasteiger partial charge in [-0.1, -0.05) is 76.2 Å². The Bertz CT molecular complexity index is 1060. The molecule has 2 aromatic rings. The highest BCUT2D eigenvalue weighted by atomic mass is 16.5. The maximum Gasteiger partial charge on any atom is 0.329 e. The Morgan fingerprint density at radius 1 is 1.03 bits per heavy atom. The van der Waals surface area contributed by atoms with Crippen LogP contribution in [0.2, 0.25) is 0 Å². The highest BCUT2D eigenvalue weighted by molar-refractivity contribution is 5.95. The molecule has 1 amide bonds. The Hall–Kier alpha value is -3.41. The fourth-order valence-corrected chi connectivity index (χ4v) is 4.19. The number of ketones is 1. The van der Waals surface area contributed by atoms with E-state index in [1.165, 1.54) is 0 Å². The van der Waals surface area contributed by atoms with Crippen LogP contribution in [0, 0.1) is 5.92 Å². The molecule has 1 N–H and O–H groups in total. The summed E-state index contributed by atoms with van der Waals surface area (Å²) < 4.78 is 5.30. The van der Waals surface area contributed by atoms with Crippen molar-refractivity contribution in [2.75, 3.05) is 18.6 Å². The maximum absolute atomic E-state index is 12.7. The van der Waals surface area contributed by atoms with Gasteiger partial charge in [0.1, 0.15) is 6.04 Å². The molecule has 0 spiro atoms. The van der Waals surface area contributed by atoms with Crippen LogP contribution in [-0.4, -0.2) is 37.4 Å². The van der Waals surface area contributed by atoms with Crippen LogP contribution in [0.5, 0.6) is 0 Å². The average molecular weight is 449 g/mol. The summed E-state index contributed by atoms with van der Waals surface area (Å²) in [6.07, 6.45) is 1.72. The number of likely N-dealkylation sites (N-methyl/N-ethyl adjacent to an activating group) is 1. The molecule has 3 rings (SSSR count). The van der Waals surface area contributed by atoms with E-state index < -0.39 is 12.0 Å². The first kappa shape index (κ1) is 24.2. The predicted molar refractivity (Wildman–Crippen MR) is 129 cm³/mol. The fourth-order valence-electron chi connectivity index (χ4n) is 4.19. The molecule has 174 valence electrons. The molecule has 0 aromatic heterocycles. The number of nitrogens with zero attached hydrogens (tertiary/aromatic N) is 1. The summed E-state index contributed by atoms with van der Waals surface area (Å²) in [4.78, 5) is 39.8. The predicted octanol–water partition coefficient (Wildman–Crippen LogP) is 3.79. The third-order valence-electron chi connectivity index (χ3n) is 6.04. The van der Waals surface area contributed by atoms with Crippen molar-refractivity contribution in [2.45, 2.75) is 45.6 Å². The van der Waals surface area contributed by atoms with Gasteiger partial charge in [-0.15, -0.1) is 0 Å². The third kappa shape index (κ3) is 5.51. The Balaban J connectivity index is 1.61. The minimum Gasteiger partial charge on any atom is -0.456 e. The number of allylic oxidation sites excluding steroid dienone is 1. The van der Waals surface area contributed by atoms with E-state index in [2.05, 4.69) is 25.2 Å². The van der Waals surface area contributed by atoms with Crippen molar-refractivity contribution in [1.82, 2.24) is 5.32 Å². The lowest BCUT2D eigenvalue weighted by Crippen LogP contribution is -2.46. The normalized spacial score (nSPS) is 16.4. The number of carbonyl (C=O) groups is 3. The number of anilines is 1. The zero-order valence-corrected chi connectivity index (χ0v) is 19.9. The van der Waals surface area contributed by atoms with Crippen LogP contribution in [0.3, 0.4) is 0 Å². The number of esters is 1. The molecule has 0 aliphatic carbocycles. The molecule has 0 saturated heterocycles. The van der Waals surface area contributed by atoms with E-state index in [-0.39, 0.29) is 36.1 Å². The highest BCUT2D eigenvalue weighted by Gasteiger charge is 2.38. The molecule has 6 heteroatoms. The van der Waals surface area contributed by atoms with E-state index in [9.17, 15) is 14.4 Å². The van der Waals surface area contributed by atoms with E-state index in [0.29, 0.717) is 0 Å². The summed E-state index contributed by atoms with van der Waals surface area (Å²) in [7, 11) is 1.93. The van der Waals surface area contributed by atoms with Gasteiger partial charge in [-0.3, -0.25) is 9.59 Å². The van der Waals surface area contributed by atoms with Crippen molar-refractivity contribution in [3.8, 4) is 0 Å². The van der Waals surface area contributed by atoms with Crippen LogP contribution < -0.4 is 10.2 Å². The van der Waals surface area contributed by atoms with Crippen molar-refractivity contribution >= 4 is 23.3 Å². The number of benzene rings is 2. The van der Waals surface area contributed by atoms with Crippen LogP contribution in [0.25, 0.3) is 0 Å². The van der Waals surface area contributed by atoms with Gasteiger partial charge in [0.25, 0.3) is 0 Å². The lowest BCUT2D eigenvalue weighted by molar-refractivity contribution is -0.151. The fraction of sp³-hybridized carbons (Fsp3) is 0.370. The minimum atomic E-state index is -0.823. The first-order valence-corrected chi connectivity index (χ1v) is 11.2. The van der Waals surface area contributed by atoms with E-state index in [4.69, 9.17) is 4.74 Å². The molecule has 1 aliphatic rings. The van der Waals surface area contributed by atoms with Gasteiger partial charge >= 0.3 is 5.97 Å². The molecule has 0 fully saturated rings. The van der Waals surface area contributed by atoms with Crippen molar-refractivity contribution in [3.05, 3.63) is 77.5 Å². The summed E-state index contributed by atoms with van der Waals surface area (Å²) in [5.41, 5.74) is 3.57. The van der Waals surface area contributed by atoms with Crippen molar-refractivity contribution in [1.29, 1.82) is 0 Å². The molecule has 0 saturated carbocycles. The van der Waals surface area contributed by atoms with Crippen LogP contribution in [0.1, 0.15) is 38.8 Å². The smallest absolute Gasteiger partial charge is 0.329 e. The number of fused-ring (bicyclic) bond motifs is 1. The second-order valence-corrected chi connectivity index (χ2v) is 9.26. The average Bonchev–Trinajstić information content (AvgIpc) is 2.97. The van der Waals surface area contributed by atoms with E-state index in [1.807, 2.05) is 74.3 Å². The number of rotatable bonds is 8. The number of amides is 1. The quantitative estimate of drug-likeness (QED) is 0.491. The number of para-hydroxylation sites is 1. The van der Waals surface area contributed by atoms with Gasteiger partial charge in [0.2, 0.25) is 5.91 Å². The van der Waals surface area contributed by atoms with Crippen molar-refractivity contribution in [3.63, 3.8) is 0 Å². The van der Waals surface area contributed by atoms with Crippen molar-refractivity contribution < 1.29 is 19.1 Å². The van der Waals surface area contributed by atoms with E-state index in [0.717, 1.165) is 22.5 Å². The number of hydrogen-bond acceptors (Lipinski definition) is 5. The number of nitrogens with one attached hydrogen (secondary N) is 1. The molecule has 6 nitrogen and oxygen atoms in total. The molecule has 0 unspecified atom stereocenters. The second kappa shape index (κ2) is 10.0. The largest absolute Gasteiger partial charge is 0.456 e. The van der Waals surface area contributed by atoms with Gasteiger partial charge < -0.3 is 15.0 Å². The monoisotopic (exact) mass is 448 g/mol. The second-order valence-electron chi connectivity index (χ2n) is 9.26. The standard InChI is InChI=1S/C27H32N2O4/c1-18(2)25(28-24(31)15-19-11-7-6-8-12-19)26(32)33-17-20(30)16-23-27(3,4)21-13-9-10-14-22(21)29(23)5/h6-14,16,18,25H,15,17H2,1-5H3,(H,28,31)/b23-16+/t25-/m1/s1. The van der Waals surface area contributed by atoms with Gasteiger partial charge in [0.05, 0.1) is 6.42 Å². The summed E-state index contributed by atoms with van der Waals surface area (Å²) in [6.45, 7) is 7.41. The van der Waals surface area contributed by atoms with Gasteiger partial charge in [-0.25, -0.2) is 4.79 Å². The van der Waals surface area contributed by atoms with E-state index >= 15 is 0 Å². The summed E-state index contributed by atoms with van der Waals surface area (Å²) in [5.74, 6) is -1.36. The highest BCUT2D eigenvalue weighted by Crippen LogP contribution is 2.46. The molecule has 0 radical (unpaired) electrons. The molecule has 33 heavy (non-hydrogen) atoms. The molecule has 1 atom stereocenters. The SMILES string of the molecule is CC(C)[C@@H](NC(=O)Cc1ccccc1)C(=O)OCC(=O)/C=C1/N(C)c2ccccc2C1(C)C. The van der Waals surface area contributed by atoms with Gasteiger partial charge in [0.15, 0.2) is 12.4 Å². The van der Waals surface area contributed by atoms with Gasteiger partial charge in [0, 0.05) is 29.9 Å².